The van der Waals surface area contributed by atoms with Crippen LogP contribution in [0.5, 0.6) is 0 Å². The number of hydrogen-bond donors (Lipinski definition) is 0. The zero-order chi connectivity index (χ0) is 12.5. The number of halogens is 2. The molecule has 0 radical (unpaired) electrons. The Kier molecular flexibility index (Phi) is 2.85. The minimum atomic E-state index is -2.57. The van der Waals surface area contributed by atoms with Crippen molar-refractivity contribution in [2.45, 2.75) is 32.4 Å². The van der Waals surface area contributed by atoms with E-state index in [1.165, 1.54) is 25.2 Å². The maximum atomic E-state index is 12.4. The first-order valence-corrected chi connectivity index (χ1v) is 6.03. The van der Waals surface area contributed by atoms with Crippen molar-refractivity contribution in [2.75, 3.05) is 0 Å². The van der Waals surface area contributed by atoms with E-state index in [1.54, 1.807) is 6.20 Å². The summed E-state index contributed by atoms with van der Waals surface area (Å²) in [7, 11) is 0. The van der Waals surface area contributed by atoms with Crippen LogP contribution in [0.15, 0.2) is 24.8 Å². The SMILES string of the molecule is FC(F)n1cc(Cc2cnn(CC3CC3)c2)cn1. The van der Waals surface area contributed by atoms with Gasteiger partial charge in [0.25, 0.3) is 0 Å². The van der Waals surface area contributed by atoms with E-state index in [0.717, 1.165) is 23.6 Å². The van der Waals surface area contributed by atoms with Gasteiger partial charge in [-0.25, -0.2) is 4.68 Å². The maximum absolute atomic E-state index is 12.4. The molecule has 0 spiro atoms. The van der Waals surface area contributed by atoms with Crippen LogP contribution >= 0.6 is 0 Å². The van der Waals surface area contributed by atoms with Gasteiger partial charge in [-0.15, -0.1) is 0 Å². The van der Waals surface area contributed by atoms with E-state index < -0.39 is 6.55 Å². The summed E-state index contributed by atoms with van der Waals surface area (Å²) in [5.41, 5.74) is 1.81. The summed E-state index contributed by atoms with van der Waals surface area (Å²) in [5.74, 6) is 0.777. The highest BCUT2D eigenvalue weighted by molar-refractivity contribution is 5.17. The fourth-order valence-corrected chi connectivity index (χ4v) is 1.97. The fourth-order valence-electron chi connectivity index (χ4n) is 1.97. The minimum Gasteiger partial charge on any atom is -0.272 e. The van der Waals surface area contributed by atoms with Crippen molar-refractivity contribution in [3.63, 3.8) is 0 Å². The standard InChI is InChI=1S/C12H14F2N4/c13-12(14)18-8-11(5-16-18)3-10-4-15-17(7-10)6-9-1-2-9/h4-5,7-9,12H,1-3,6H2. The quantitative estimate of drug-likeness (QED) is 0.819. The molecule has 1 fully saturated rings. The molecular formula is C12H14F2N4. The fraction of sp³-hybridized carbons (Fsp3) is 0.500. The van der Waals surface area contributed by atoms with Gasteiger partial charge in [-0.05, 0) is 29.9 Å². The highest BCUT2D eigenvalue weighted by atomic mass is 19.3. The minimum absolute atomic E-state index is 0.595. The first-order valence-electron chi connectivity index (χ1n) is 6.03. The molecule has 0 bridgehead atoms. The van der Waals surface area contributed by atoms with Gasteiger partial charge in [-0.3, -0.25) is 4.68 Å². The average Bonchev–Trinajstić information content (AvgIpc) is 2.85. The zero-order valence-corrected chi connectivity index (χ0v) is 9.84. The molecule has 4 nitrogen and oxygen atoms in total. The Morgan fingerprint density at radius 3 is 2.56 bits per heavy atom. The van der Waals surface area contributed by atoms with Gasteiger partial charge in [0.2, 0.25) is 0 Å². The van der Waals surface area contributed by atoms with E-state index in [4.69, 9.17) is 0 Å². The molecule has 1 aliphatic rings. The lowest BCUT2D eigenvalue weighted by atomic mass is 10.2. The molecule has 0 N–H and O–H groups in total. The molecule has 6 heteroatoms. The number of hydrogen-bond acceptors (Lipinski definition) is 2. The van der Waals surface area contributed by atoms with Gasteiger partial charge < -0.3 is 0 Å². The van der Waals surface area contributed by atoms with Crippen LogP contribution in [0, 0.1) is 5.92 Å². The maximum Gasteiger partial charge on any atom is 0.333 e. The summed E-state index contributed by atoms with van der Waals surface area (Å²) in [6.07, 6.45) is 9.80. The summed E-state index contributed by atoms with van der Waals surface area (Å²) in [4.78, 5) is 0. The van der Waals surface area contributed by atoms with E-state index >= 15 is 0 Å². The van der Waals surface area contributed by atoms with Crippen LogP contribution in [0.4, 0.5) is 8.78 Å². The summed E-state index contributed by atoms with van der Waals surface area (Å²) < 4.78 is 27.3. The van der Waals surface area contributed by atoms with Crippen LogP contribution in [-0.4, -0.2) is 19.6 Å². The molecule has 0 saturated heterocycles. The second-order valence-electron chi connectivity index (χ2n) is 4.80. The molecule has 0 aromatic carbocycles. The topological polar surface area (TPSA) is 35.6 Å². The second-order valence-corrected chi connectivity index (χ2v) is 4.80. The first kappa shape index (κ1) is 11.4. The zero-order valence-electron chi connectivity index (χ0n) is 9.84. The molecule has 1 saturated carbocycles. The van der Waals surface area contributed by atoms with Crippen LogP contribution in [0.25, 0.3) is 0 Å². The smallest absolute Gasteiger partial charge is 0.272 e. The molecule has 2 aromatic rings. The lowest BCUT2D eigenvalue weighted by molar-refractivity contribution is 0.0565. The molecule has 2 aromatic heterocycles. The van der Waals surface area contributed by atoms with E-state index in [1.807, 2.05) is 10.9 Å². The first-order chi connectivity index (χ1) is 8.70. The van der Waals surface area contributed by atoms with Crippen LogP contribution in [0.2, 0.25) is 0 Å². The Morgan fingerprint density at radius 2 is 1.89 bits per heavy atom. The Balaban J connectivity index is 1.65. The molecule has 3 rings (SSSR count). The Hall–Kier alpha value is -1.72. The van der Waals surface area contributed by atoms with Gasteiger partial charge in [-0.1, -0.05) is 0 Å². The average molecular weight is 252 g/mol. The highest BCUT2D eigenvalue weighted by Gasteiger charge is 2.21. The third-order valence-electron chi connectivity index (χ3n) is 3.09. The third-order valence-corrected chi connectivity index (χ3v) is 3.09. The van der Waals surface area contributed by atoms with Crippen LogP contribution in [0.1, 0.15) is 30.5 Å². The molecule has 96 valence electrons. The Labute approximate surface area is 103 Å². The van der Waals surface area contributed by atoms with Crippen molar-refractivity contribution in [1.29, 1.82) is 0 Å². The van der Waals surface area contributed by atoms with Gasteiger partial charge >= 0.3 is 6.55 Å². The predicted octanol–water partition coefficient (Wildman–Crippen LogP) is 2.48. The lowest BCUT2D eigenvalue weighted by Crippen LogP contribution is -1.99. The van der Waals surface area contributed by atoms with Gasteiger partial charge in [-0.2, -0.15) is 19.0 Å². The van der Waals surface area contributed by atoms with Crippen molar-refractivity contribution >= 4 is 0 Å². The molecule has 18 heavy (non-hydrogen) atoms. The number of nitrogens with zero attached hydrogens (tertiary/aromatic N) is 4. The Bertz CT molecular complexity index is 528. The van der Waals surface area contributed by atoms with E-state index in [-0.39, 0.29) is 0 Å². The molecule has 1 aliphatic carbocycles. The summed E-state index contributed by atoms with van der Waals surface area (Å²) in [5, 5.41) is 7.89. The lowest BCUT2D eigenvalue weighted by Gasteiger charge is -1.97. The molecular weight excluding hydrogens is 238 g/mol. The highest BCUT2D eigenvalue weighted by Crippen LogP contribution is 2.30. The summed E-state index contributed by atoms with van der Waals surface area (Å²) >= 11 is 0. The van der Waals surface area contributed by atoms with Crippen molar-refractivity contribution < 1.29 is 8.78 Å². The summed E-state index contributed by atoms with van der Waals surface area (Å²) in [6.45, 7) is -1.60. The molecule has 0 atom stereocenters. The molecule has 0 amide bonds. The third kappa shape index (κ3) is 2.57. The van der Waals surface area contributed by atoms with Gasteiger partial charge in [0.1, 0.15) is 0 Å². The normalized spacial score (nSPS) is 15.5. The van der Waals surface area contributed by atoms with Crippen LogP contribution < -0.4 is 0 Å². The van der Waals surface area contributed by atoms with Crippen LogP contribution in [-0.2, 0) is 13.0 Å². The van der Waals surface area contributed by atoms with Crippen molar-refractivity contribution in [3.8, 4) is 0 Å². The predicted molar refractivity (Wildman–Crippen MR) is 61.2 cm³/mol. The summed E-state index contributed by atoms with van der Waals surface area (Å²) in [6, 6.07) is 0. The monoisotopic (exact) mass is 252 g/mol. The second kappa shape index (κ2) is 4.51. The number of alkyl halides is 2. The Morgan fingerprint density at radius 1 is 1.17 bits per heavy atom. The van der Waals surface area contributed by atoms with E-state index in [9.17, 15) is 8.78 Å². The number of aromatic nitrogens is 4. The number of rotatable bonds is 5. The van der Waals surface area contributed by atoms with Gasteiger partial charge in [0.15, 0.2) is 0 Å². The van der Waals surface area contributed by atoms with Gasteiger partial charge in [0.05, 0.1) is 12.4 Å². The van der Waals surface area contributed by atoms with Crippen molar-refractivity contribution in [1.82, 2.24) is 19.6 Å². The van der Waals surface area contributed by atoms with Crippen LogP contribution in [0.3, 0.4) is 0 Å². The largest absolute Gasteiger partial charge is 0.333 e. The van der Waals surface area contributed by atoms with Crippen molar-refractivity contribution in [3.05, 3.63) is 35.9 Å². The molecule has 0 aliphatic heterocycles. The van der Waals surface area contributed by atoms with Crippen molar-refractivity contribution in [2.24, 2.45) is 5.92 Å². The van der Waals surface area contributed by atoms with E-state index in [2.05, 4.69) is 10.2 Å². The van der Waals surface area contributed by atoms with Gasteiger partial charge in [0, 0.05) is 25.4 Å². The molecule has 2 heterocycles. The van der Waals surface area contributed by atoms with E-state index in [0.29, 0.717) is 11.1 Å². The molecule has 0 unspecified atom stereocenters.